The Hall–Kier alpha value is -1.20. The molecule has 0 saturated carbocycles. The average molecular weight is 306 g/mol. The van der Waals surface area contributed by atoms with Crippen LogP contribution in [0, 0.1) is 0 Å². The van der Waals surface area contributed by atoms with Crippen molar-refractivity contribution >= 4 is 28.6 Å². The van der Waals surface area contributed by atoms with Crippen molar-refractivity contribution < 1.29 is 13.2 Å². The summed E-state index contributed by atoms with van der Waals surface area (Å²) < 4.78 is 37.9. The van der Waals surface area contributed by atoms with Crippen molar-refractivity contribution in [2.75, 3.05) is 5.32 Å². The number of anilines is 1. The fraction of sp³-hybridized carbons (Fsp3) is 0.231. The first-order valence-corrected chi connectivity index (χ1v) is 6.75. The molecule has 1 aromatic heterocycles. The van der Waals surface area contributed by atoms with Crippen LogP contribution in [0.4, 0.5) is 18.9 Å². The monoisotopic (exact) mass is 305 g/mol. The number of hydrogen-bond donors (Lipinski definition) is 1. The number of benzene rings is 1. The van der Waals surface area contributed by atoms with Gasteiger partial charge in [-0.3, -0.25) is 0 Å². The lowest BCUT2D eigenvalue weighted by Crippen LogP contribution is -2.07. The summed E-state index contributed by atoms with van der Waals surface area (Å²) >= 11 is 7.29. The van der Waals surface area contributed by atoms with E-state index in [1.165, 1.54) is 23.5 Å². The summed E-state index contributed by atoms with van der Waals surface area (Å²) in [6, 6.07) is 8.67. The molecule has 1 heterocycles. The third kappa shape index (κ3) is 3.64. The van der Waals surface area contributed by atoms with Gasteiger partial charge in [-0.15, -0.1) is 11.3 Å². The molecule has 6 heteroatoms. The topological polar surface area (TPSA) is 12.0 Å². The van der Waals surface area contributed by atoms with Gasteiger partial charge in [0.2, 0.25) is 0 Å². The number of nitrogens with one attached hydrogen (secondary N) is 1. The third-order valence-electron chi connectivity index (χ3n) is 2.62. The van der Waals surface area contributed by atoms with Crippen LogP contribution in [0.3, 0.4) is 0 Å². The van der Waals surface area contributed by atoms with E-state index in [0.717, 1.165) is 17.0 Å². The van der Waals surface area contributed by atoms with E-state index < -0.39 is 11.7 Å². The molecule has 1 atom stereocenters. The first kappa shape index (κ1) is 14.2. The van der Waals surface area contributed by atoms with Crippen molar-refractivity contribution in [2.45, 2.75) is 19.1 Å². The van der Waals surface area contributed by atoms with Crippen LogP contribution in [-0.2, 0) is 6.18 Å². The summed E-state index contributed by atoms with van der Waals surface area (Å²) in [6.45, 7) is 1.93. The molecule has 0 spiro atoms. The zero-order chi connectivity index (χ0) is 14.0. The van der Waals surface area contributed by atoms with Crippen molar-refractivity contribution in [3.63, 3.8) is 0 Å². The van der Waals surface area contributed by atoms with Gasteiger partial charge in [0.25, 0.3) is 0 Å². The van der Waals surface area contributed by atoms with Gasteiger partial charge in [0, 0.05) is 10.6 Å². The molecule has 2 aromatic rings. The number of alkyl halides is 3. The Labute approximate surface area is 118 Å². The van der Waals surface area contributed by atoms with Crippen molar-refractivity contribution in [3.8, 4) is 0 Å². The van der Waals surface area contributed by atoms with Gasteiger partial charge < -0.3 is 5.32 Å². The zero-order valence-electron chi connectivity index (χ0n) is 9.96. The van der Waals surface area contributed by atoms with E-state index in [2.05, 4.69) is 5.32 Å². The van der Waals surface area contributed by atoms with E-state index in [1.807, 2.05) is 13.0 Å². The zero-order valence-corrected chi connectivity index (χ0v) is 11.5. The molecular formula is C13H11ClF3NS. The molecule has 1 N–H and O–H groups in total. The summed E-state index contributed by atoms with van der Waals surface area (Å²) in [7, 11) is 0. The maximum absolute atomic E-state index is 12.4. The Morgan fingerprint density at radius 3 is 2.21 bits per heavy atom. The van der Waals surface area contributed by atoms with Crippen LogP contribution in [0.25, 0.3) is 0 Å². The van der Waals surface area contributed by atoms with Crippen LogP contribution in [-0.4, -0.2) is 0 Å². The van der Waals surface area contributed by atoms with Crippen LogP contribution >= 0.6 is 22.9 Å². The van der Waals surface area contributed by atoms with E-state index in [4.69, 9.17) is 11.6 Å². The summed E-state index contributed by atoms with van der Waals surface area (Å²) in [5, 5.41) is 3.13. The molecule has 0 aliphatic carbocycles. The van der Waals surface area contributed by atoms with Gasteiger partial charge in [-0.1, -0.05) is 11.6 Å². The minimum absolute atomic E-state index is 0.00534. The summed E-state index contributed by atoms with van der Waals surface area (Å²) in [5.41, 5.74) is -0.00473. The Kier molecular flexibility index (Phi) is 4.06. The van der Waals surface area contributed by atoms with E-state index in [0.29, 0.717) is 10.0 Å². The highest BCUT2D eigenvalue weighted by Crippen LogP contribution is 2.32. The summed E-state index contributed by atoms with van der Waals surface area (Å²) in [5.74, 6) is 0. The Balaban J connectivity index is 2.07. The molecule has 1 aromatic carbocycles. The molecule has 0 saturated heterocycles. The molecule has 102 valence electrons. The highest BCUT2D eigenvalue weighted by molar-refractivity contribution is 7.16. The van der Waals surface area contributed by atoms with Crippen molar-refractivity contribution in [1.82, 2.24) is 0 Å². The van der Waals surface area contributed by atoms with Crippen LogP contribution in [0.1, 0.15) is 23.4 Å². The molecule has 0 amide bonds. The van der Waals surface area contributed by atoms with Crippen molar-refractivity contribution in [2.24, 2.45) is 0 Å². The molecule has 1 nitrogen and oxygen atoms in total. The molecule has 2 rings (SSSR count). The minimum Gasteiger partial charge on any atom is -0.378 e. The standard InChI is InChI=1S/C13H11ClF3NS/c1-8(11-6-7-12(14)19-11)18-10-4-2-9(3-5-10)13(15,16)17/h2-8,18H,1H3. The van der Waals surface area contributed by atoms with Crippen LogP contribution in [0.2, 0.25) is 4.34 Å². The molecule has 0 radical (unpaired) electrons. The molecule has 0 aliphatic heterocycles. The van der Waals surface area contributed by atoms with Crippen molar-refractivity contribution in [3.05, 3.63) is 51.2 Å². The Morgan fingerprint density at radius 2 is 1.74 bits per heavy atom. The number of rotatable bonds is 3. The quantitative estimate of drug-likeness (QED) is 0.779. The van der Waals surface area contributed by atoms with Crippen LogP contribution in [0.5, 0.6) is 0 Å². The van der Waals surface area contributed by atoms with Crippen LogP contribution < -0.4 is 5.32 Å². The Morgan fingerprint density at radius 1 is 1.11 bits per heavy atom. The average Bonchev–Trinajstić information content (AvgIpc) is 2.75. The highest BCUT2D eigenvalue weighted by atomic mass is 35.5. The molecular weight excluding hydrogens is 295 g/mol. The van der Waals surface area contributed by atoms with Gasteiger partial charge in [-0.25, -0.2) is 0 Å². The summed E-state index contributed by atoms with van der Waals surface area (Å²) in [4.78, 5) is 1.03. The van der Waals surface area contributed by atoms with Gasteiger partial charge >= 0.3 is 6.18 Å². The fourth-order valence-electron chi connectivity index (χ4n) is 1.64. The van der Waals surface area contributed by atoms with Gasteiger partial charge in [0.05, 0.1) is 15.9 Å². The SMILES string of the molecule is CC(Nc1ccc(C(F)(F)F)cc1)c1ccc(Cl)s1. The van der Waals surface area contributed by atoms with Crippen LogP contribution in [0.15, 0.2) is 36.4 Å². The molecule has 19 heavy (non-hydrogen) atoms. The predicted octanol–water partition coefficient (Wildman–Crippen LogP) is 5.59. The van der Waals surface area contributed by atoms with E-state index >= 15 is 0 Å². The third-order valence-corrected chi connectivity index (χ3v) is 4.03. The number of halogens is 4. The lowest BCUT2D eigenvalue weighted by molar-refractivity contribution is -0.137. The fourth-order valence-corrected chi connectivity index (χ4v) is 2.70. The normalized spacial score (nSPS) is 13.3. The summed E-state index contributed by atoms with van der Waals surface area (Å²) in [6.07, 6.45) is -4.30. The van der Waals surface area contributed by atoms with Crippen molar-refractivity contribution in [1.29, 1.82) is 0 Å². The van der Waals surface area contributed by atoms with Gasteiger partial charge in [-0.05, 0) is 43.3 Å². The second kappa shape index (κ2) is 5.43. The first-order valence-electron chi connectivity index (χ1n) is 5.55. The predicted molar refractivity (Wildman–Crippen MR) is 72.8 cm³/mol. The second-order valence-electron chi connectivity index (χ2n) is 4.08. The highest BCUT2D eigenvalue weighted by Gasteiger charge is 2.29. The molecule has 0 aliphatic rings. The molecule has 0 fully saturated rings. The second-order valence-corrected chi connectivity index (χ2v) is 5.83. The maximum atomic E-state index is 12.4. The van der Waals surface area contributed by atoms with E-state index in [9.17, 15) is 13.2 Å². The van der Waals surface area contributed by atoms with Gasteiger partial charge in [-0.2, -0.15) is 13.2 Å². The lowest BCUT2D eigenvalue weighted by atomic mass is 10.2. The number of thiophene rings is 1. The maximum Gasteiger partial charge on any atom is 0.416 e. The largest absolute Gasteiger partial charge is 0.416 e. The number of hydrogen-bond acceptors (Lipinski definition) is 2. The first-order chi connectivity index (χ1) is 8.86. The Bertz CT molecular complexity index is 548. The smallest absolute Gasteiger partial charge is 0.378 e. The lowest BCUT2D eigenvalue weighted by Gasteiger charge is -2.14. The molecule has 1 unspecified atom stereocenters. The van der Waals surface area contributed by atoms with Gasteiger partial charge in [0.15, 0.2) is 0 Å². The van der Waals surface area contributed by atoms with E-state index in [-0.39, 0.29) is 6.04 Å². The van der Waals surface area contributed by atoms with E-state index in [1.54, 1.807) is 6.07 Å². The molecule has 0 bridgehead atoms. The van der Waals surface area contributed by atoms with Gasteiger partial charge in [0.1, 0.15) is 0 Å². The minimum atomic E-state index is -4.30.